The van der Waals surface area contributed by atoms with Crippen LogP contribution in [0.15, 0.2) is 114 Å². The molecule has 0 aliphatic heterocycles. The van der Waals surface area contributed by atoms with E-state index < -0.39 is 34.3 Å². The van der Waals surface area contributed by atoms with E-state index >= 15 is 0 Å². The lowest BCUT2D eigenvalue weighted by Gasteiger charge is -2.33. The van der Waals surface area contributed by atoms with Crippen LogP contribution in [0, 0.1) is 5.82 Å². The quantitative estimate of drug-likeness (QED) is 0.232. The van der Waals surface area contributed by atoms with Gasteiger partial charge in [-0.2, -0.15) is 0 Å². The Morgan fingerprint density at radius 3 is 2.02 bits per heavy atom. The van der Waals surface area contributed by atoms with Crippen LogP contribution in [0.25, 0.3) is 0 Å². The third-order valence-corrected chi connectivity index (χ3v) is 8.65. The number of anilines is 1. The van der Waals surface area contributed by atoms with E-state index in [1.807, 2.05) is 30.3 Å². The lowest BCUT2D eigenvalue weighted by Crippen LogP contribution is -2.53. The van der Waals surface area contributed by atoms with Gasteiger partial charge in [-0.25, -0.2) is 12.8 Å². The van der Waals surface area contributed by atoms with Crippen LogP contribution in [0.2, 0.25) is 5.02 Å². The van der Waals surface area contributed by atoms with Gasteiger partial charge in [-0.1, -0.05) is 72.3 Å². The Labute approximate surface area is 250 Å². The van der Waals surface area contributed by atoms with E-state index in [4.69, 9.17) is 11.6 Å². The van der Waals surface area contributed by atoms with Crippen LogP contribution in [0.3, 0.4) is 0 Å². The summed E-state index contributed by atoms with van der Waals surface area (Å²) in [5.41, 5.74) is 1.79. The average Bonchev–Trinajstić information content (AvgIpc) is 2.99. The van der Waals surface area contributed by atoms with Gasteiger partial charge in [0.1, 0.15) is 18.4 Å². The maximum Gasteiger partial charge on any atom is 0.264 e. The molecule has 7 nitrogen and oxygen atoms in total. The molecule has 0 heterocycles. The Bertz CT molecular complexity index is 1590. The number of benzene rings is 4. The highest BCUT2D eigenvalue weighted by Crippen LogP contribution is 2.25. The minimum absolute atomic E-state index is 0.0316. The Morgan fingerprint density at radius 1 is 0.833 bits per heavy atom. The number of likely N-dealkylation sites (N-methyl/N-ethyl adjacent to an activating group) is 1. The number of nitrogens with one attached hydrogen (secondary N) is 1. The van der Waals surface area contributed by atoms with Crippen LogP contribution in [0.1, 0.15) is 18.1 Å². The molecule has 0 spiro atoms. The van der Waals surface area contributed by atoms with Crippen LogP contribution >= 0.6 is 11.6 Å². The van der Waals surface area contributed by atoms with Crippen molar-refractivity contribution in [2.75, 3.05) is 17.4 Å². The number of para-hydroxylation sites is 1. The van der Waals surface area contributed by atoms with Crippen molar-refractivity contribution >= 4 is 39.1 Å². The highest BCUT2D eigenvalue weighted by atomic mass is 35.5. The lowest BCUT2D eigenvalue weighted by molar-refractivity contribution is -0.140. The van der Waals surface area contributed by atoms with Crippen LogP contribution in [0.5, 0.6) is 0 Å². The standard InChI is InChI=1S/C32H31ClFN3O4S/c1-2-35-32(39)30(21-24-9-5-3-6-10-24)36(22-25-13-15-26(33)16-14-25)31(38)23-37(28-11-7-4-8-12-28)42(40,41)29-19-17-27(34)18-20-29/h3-20,30H,2,21-23H2,1H3,(H,35,39)/t30-/m0/s1. The van der Waals surface area contributed by atoms with Gasteiger partial charge < -0.3 is 10.2 Å². The predicted octanol–water partition coefficient (Wildman–Crippen LogP) is 5.45. The van der Waals surface area contributed by atoms with Crippen molar-refractivity contribution in [1.82, 2.24) is 10.2 Å². The topological polar surface area (TPSA) is 86.8 Å². The summed E-state index contributed by atoms with van der Waals surface area (Å²) in [5, 5.41) is 3.34. The van der Waals surface area contributed by atoms with Gasteiger partial charge in [0.15, 0.2) is 0 Å². The summed E-state index contributed by atoms with van der Waals surface area (Å²) in [7, 11) is -4.29. The molecule has 0 radical (unpaired) electrons. The third kappa shape index (κ3) is 7.74. The Kier molecular flexibility index (Phi) is 10.3. The molecule has 0 saturated heterocycles. The first-order valence-corrected chi connectivity index (χ1v) is 15.2. The molecule has 42 heavy (non-hydrogen) atoms. The fourth-order valence-electron chi connectivity index (χ4n) is 4.49. The fraction of sp³-hybridized carbons (Fsp3) is 0.188. The first-order chi connectivity index (χ1) is 20.2. The van der Waals surface area contributed by atoms with E-state index in [0.29, 0.717) is 17.1 Å². The molecule has 0 aromatic heterocycles. The molecule has 0 unspecified atom stereocenters. The normalized spacial score (nSPS) is 11.9. The lowest BCUT2D eigenvalue weighted by atomic mass is 10.0. The van der Waals surface area contributed by atoms with Gasteiger partial charge in [0, 0.05) is 24.5 Å². The van der Waals surface area contributed by atoms with Crippen LogP contribution in [-0.4, -0.2) is 44.3 Å². The van der Waals surface area contributed by atoms with Gasteiger partial charge in [0.05, 0.1) is 10.6 Å². The van der Waals surface area contributed by atoms with Crippen molar-refractivity contribution < 1.29 is 22.4 Å². The minimum atomic E-state index is -4.29. The molecule has 4 aromatic carbocycles. The molecular formula is C32H31ClFN3O4S. The molecule has 10 heteroatoms. The van der Waals surface area contributed by atoms with E-state index in [0.717, 1.165) is 34.1 Å². The molecular weight excluding hydrogens is 577 g/mol. The molecule has 1 atom stereocenters. The monoisotopic (exact) mass is 607 g/mol. The number of amides is 2. The van der Waals surface area contributed by atoms with Crippen LogP contribution in [0.4, 0.5) is 10.1 Å². The van der Waals surface area contributed by atoms with Crippen LogP contribution < -0.4 is 9.62 Å². The number of halogens is 2. The molecule has 4 aromatic rings. The molecule has 1 N–H and O–H groups in total. The summed E-state index contributed by atoms with van der Waals surface area (Å²) in [4.78, 5) is 28.9. The zero-order valence-electron chi connectivity index (χ0n) is 23.0. The first-order valence-electron chi connectivity index (χ1n) is 13.4. The molecule has 0 aliphatic carbocycles. The Morgan fingerprint density at radius 2 is 1.43 bits per heavy atom. The number of hydrogen-bond donors (Lipinski definition) is 1. The van der Waals surface area contributed by atoms with Crippen molar-refractivity contribution in [1.29, 1.82) is 0 Å². The average molecular weight is 608 g/mol. The van der Waals surface area contributed by atoms with E-state index in [1.165, 1.54) is 4.90 Å². The molecule has 218 valence electrons. The second-order valence-corrected chi connectivity index (χ2v) is 11.8. The van der Waals surface area contributed by atoms with Crippen molar-refractivity contribution in [3.8, 4) is 0 Å². The SMILES string of the molecule is CCNC(=O)[C@H](Cc1ccccc1)N(Cc1ccc(Cl)cc1)C(=O)CN(c1ccccc1)S(=O)(=O)c1ccc(F)cc1. The van der Waals surface area contributed by atoms with E-state index in [1.54, 1.807) is 61.5 Å². The van der Waals surface area contributed by atoms with E-state index in [2.05, 4.69) is 5.32 Å². The van der Waals surface area contributed by atoms with Crippen molar-refractivity contribution in [3.05, 3.63) is 131 Å². The number of rotatable bonds is 12. The molecule has 0 fully saturated rings. The number of sulfonamides is 1. The van der Waals surface area contributed by atoms with Crippen molar-refractivity contribution in [3.63, 3.8) is 0 Å². The largest absolute Gasteiger partial charge is 0.355 e. The summed E-state index contributed by atoms with van der Waals surface area (Å²) >= 11 is 6.09. The van der Waals surface area contributed by atoms with Crippen molar-refractivity contribution in [2.45, 2.75) is 30.8 Å². The summed E-state index contributed by atoms with van der Waals surface area (Å²) < 4.78 is 42.3. The summed E-state index contributed by atoms with van der Waals surface area (Å²) in [6.07, 6.45) is 0.210. The highest BCUT2D eigenvalue weighted by Gasteiger charge is 2.34. The zero-order chi connectivity index (χ0) is 30.1. The third-order valence-electron chi connectivity index (χ3n) is 6.61. The smallest absolute Gasteiger partial charge is 0.264 e. The van der Waals surface area contributed by atoms with E-state index in [9.17, 15) is 22.4 Å². The number of carbonyl (C=O) groups is 2. The van der Waals surface area contributed by atoms with Crippen LogP contribution in [-0.2, 0) is 32.6 Å². The van der Waals surface area contributed by atoms with Crippen molar-refractivity contribution in [2.24, 2.45) is 0 Å². The second-order valence-electron chi connectivity index (χ2n) is 9.55. The summed E-state index contributed by atoms with van der Waals surface area (Å²) in [6, 6.07) is 27.8. The molecule has 0 aliphatic rings. The van der Waals surface area contributed by atoms with E-state index in [-0.39, 0.29) is 29.5 Å². The maximum atomic E-state index is 14.2. The van der Waals surface area contributed by atoms with Gasteiger partial charge in [0.25, 0.3) is 10.0 Å². The number of carbonyl (C=O) groups excluding carboxylic acids is 2. The van der Waals surface area contributed by atoms with Gasteiger partial charge >= 0.3 is 0 Å². The maximum absolute atomic E-state index is 14.2. The summed E-state index contributed by atoms with van der Waals surface area (Å²) in [6.45, 7) is 1.57. The second kappa shape index (κ2) is 14.1. The predicted molar refractivity (Wildman–Crippen MR) is 162 cm³/mol. The van der Waals surface area contributed by atoms with Gasteiger partial charge in [-0.15, -0.1) is 0 Å². The fourth-order valence-corrected chi connectivity index (χ4v) is 6.03. The number of nitrogens with zero attached hydrogens (tertiary/aromatic N) is 2. The van der Waals surface area contributed by atoms with Gasteiger partial charge in [-0.05, 0) is 66.6 Å². The minimum Gasteiger partial charge on any atom is -0.355 e. The van der Waals surface area contributed by atoms with Gasteiger partial charge in [-0.3, -0.25) is 13.9 Å². The first kappa shape index (κ1) is 30.7. The Balaban J connectivity index is 1.77. The zero-order valence-corrected chi connectivity index (χ0v) is 24.6. The number of hydrogen-bond acceptors (Lipinski definition) is 4. The molecule has 0 bridgehead atoms. The Hall–Kier alpha value is -4.21. The molecule has 0 saturated carbocycles. The summed E-state index contributed by atoms with van der Waals surface area (Å²) in [5.74, 6) is -1.54. The van der Waals surface area contributed by atoms with Gasteiger partial charge in [0.2, 0.25) is 11.8 Å². The molecule has 4 rings (SSSR count). The highest BCUT2D eigenvalue weighted by molar-refractivity contribution is 7.92. The molecule has 2 amide bonds.